The monoisotopic (exact) mass is 276 g/mol. The van der Waals surface area contributed by atoms with Gasteiger partial charge in [0.15, 0.2) is 11.7 Å². The quantitative estimate of drug-likeness (QED) is 0.798. The molecule has 1 atom stereocenters. The zero-order valence-corrected chi connectivity index (χ0v) is 10.2. The molecule has 0 fully saturated rings. The molecule has 6 heteroatoms. The van der Waals surface area contributed by atoms with Crippen LogP contribution in [0.15, 0.2) is 53.2 Å². The molecule has 2 heterocycles. The first kappa shape index (κ1) is 12.7. The molecule has 20 heavy (non-hydrogen) atoms. The molecule has 0 bridgehead atoms. The van der Waals surface area contributed by atoms with Gasteiger partial charge in [0, 0.05) is 18.0 Å². The molecule has 2 aromatic heterocycles. The SMILES string of the molecule is OC(c1cccnc1)C(F)(F)c1nc2ccccc2o1. The van der Waals surface area contributed by atoms with E-state index in [2.05, 4.69) is 9.97 Å². The van der Waals surface area contributed by atoms with Gasteiger partial charge in [0.25, 0.3) is 5.89 Å². The lowest BCUT2D eigenvalue weighted by Crippen LogP contribution is -2.24. The fourth-order valence-corrected chi connectivity index (χ4v) is 1.88. The number of alkyl halides is 2. The lowest BCUT2D eigenvalue weighted by Gasteiger charge is -2.19. The predicted molar refractivity (Wildman–Crippen MR) is 67.1 cm³/mol. The van der Waals surface area contributed by atoms with Crippen LogP contribution >= 0.6 is 0 Å². The van der Waals surface area contributed by atoms with Crippen LogP contribution in [0.3, 0.4) is 0 Å². The third kappa shape index (κ3) is 2.04. The standard InChI is InChI=1S/C14H10F2N2O2/c15-14(16,12(19)9-4-3-7-17-8-9)13-18-10-5-1-2-6-11(10)20-13/h1-8,12,19H. The number of para-hydroxylation sites is 2. The molecule has 1 aromatic carbocycles. The second-order valence-corrected chi connectivity index (χ2v) is 4.30. The molecule has 0 aliphatic rings. The molecule has 3 aromatic rings. The van der Waals surface area contributed by atoms with Crippen molar-refractivity contribution in [3.05, 3.63) is 60.2 Å². The Hall–Kier alpha value is -2.34. The van der Waals surface area contributed by atoms with Crippen LogP contribution in [-0.4, -0.2) is 15.1 Å². The fraction of sp³-hybridized carbons (Fsp3) is 0.143. The molecule has 0 radical (unpaired) electrons. The summed E-state index contributed by atoms with van der Waals surface area (Å²) in [7, 11) is 0. The van der Waals surface area contributed by atoms with Crippen molar-refractivity contribution in [3.8, 4) is 0 Å². The molecular formula is C14H10F2N2O2. The van der Waals surface area contributed by atoms with Gasteiger partial charge in [-0.05, 0) is 18.2 Å². The van der Waals surface area contributed by atoms with Crippen molar-refractivity contribution in [2.45, 2.75) is 12.0 Å². The summed E-state index contributed by atoms with van der Waals surface area (Å²) in [5.74, 6) is -4.45. The number of hydrogen-bond acceptors (Lipinski definition) is 4. The predicted octanol–water partition coefficient (Wildman–Crippen LogP) is 3.05. The zero-order chi connectivity index (χ0) is 14.2. The van der Waals surface area contributed by atoms with E-state index in [1.165, 1.54) is 24.5 Å². The van der Waals surface area contributed by atoms with E-state index in [4.69, 9.17) is 4.42 Å². The van der Waals surface area contributed by atoms with Crippen molar-refractivity contribution in [3.63, 3.8) is 0 Å². The van der Waals surface area contributed by atoms with E-state index in [1.54, 1.807) is 24.3 Å². The topological polar surface area (TPSA) is 59.2 Å². The van der Waals surface area contributed by atoms with E-state index in [0.29, 0.717) is 5.52 Å². The van der Waals surface area contributed by atoms with E-state index in [9.17, 15) is 13.9 Å². The van der Waals surface area contributed by atoms with Crippen LogP contribution in [0.2, 0.25) is 0 Å². The fourth-order valence-electron chi connectivity index (χ4n) is 1.88. The summed E-state index contributed by atoms with van der Waals surface area (Å²) in [4.78, 5) is 7.45. The van der Waals surface area contributed by atoms with Crippen molar-refractivity contribution >= 4 is 11.1 Å². The first-order valence-electron chi connectivity index (χ1n) is 5.91. The Balaban J connectivity index is 2.02. The van der Waals surface area contributed by atoms with Crippen LogP contribution in [0, 0.1) is 0 Å². The molecule has 102 valence electrons. The normalized spacial score (nSPS) is 13.6. The van der Waals surface area contributed by atoms with Crippen LogP contribution < -0.4 is 0 Å². The molecule has 1 unspecified atom stereocenters. The third-order valence-corrected chi connectivity index (χ3v) is 2.92. The van der Waals surface area contributed by atoms with E-state index in [-0.39, 0.29) is 11.1 Å². The minimum Gasteiger partial charge on any atom is -0.435 e. The van der Waals surface area contributed by atoms with E-state index in [1.807, 2.05) is 0 Å². The maximum Gasteiger partial charge on any atom is 0.351 e. The molecule has 0 saturated heterocycles. The highest BCUT2D eigenvalue weighted by Crippen LogP contribution is 2.40. The van der Waals surface area contributed by atoms with Gasteiger partial charge in [-0.1, -0.05) is 18.2 Å². The summed E-state index contributed by atoms with van der Waals surface area (Å²) >= 11 is 0. The Morgan fingerprint density at radius 1 is 1.15 bits per heavy atom. The Kier molecular flexibility index (Phi) is 2.94. The number of nitrogens with zero attached hydrogens (tertiary/aromatic N) is 2. The summed E-state index contributed by atoms with van der Waals surface area (Å²) in [6, 6.07) is 9.28. The van der Waals surface area contributed by atoms with Gasteiger partial charge in [0.1, 0.15) is 5.52 Å². The zero-order valence-electron chi connectivity index (χ0n) is 10.2. The van der Waals surface area contributed by atoms with Gasteiger partial charge in [0.05, 0.1) is 0 Å². The number of benzene rings is 1. The minimum absolute atomic E-state index is 0.000226. The first-order valence-corrected chi connectivity index (χ1v) is 5.91. The lowest BCUT2D eigenvalue weighted by atomic mass is 10.1. The molecule has 1 N–H and O–H groups in total. The average molecular weight is 276 g/mol. The second kappa shape index (κ2) is 4.64. The van der Waals surface area contributed by atoms with E-state index in [0.717, 1.165) is 0 Å². The van der Waals surface area contributed by atoms with Crippen LogP contribution in [0.25, 0.3) is 11.1 Å². The lowest BCUT2D eigenvalue weighted by molar-refractivity contribution is -0.134. The smallest absolute Gasteiger partial charge is 0.351 e. The number of oxazole rings is 1. The number of hydrogen-bond donors (Lipinski definition) is 1. The summed E-state index contributed by atoms with van der Waals surface area (Å²) < 4.78 is 33.5. The molecule has 0 aliphatic carbocycles. The number of aliphatic hydroxyl groups excluding tert-OH is 1. The van der Waals surface area contributed by atoms with Crippen LogP contribution in [0.4, 0.5) is 8.78 Å². The second-order valence-electron chi connectivity index (χ2n) is 4.30. The maximum absolute atomic E-state index is 14.2. The van der Waals surface area contributed by atoms with Gasteiger partial charge in [-0.15, -0.1) is 0 Å². The van der Waals surface area contributed by atoms with E-state index < -0.39 is 17.9 Å². The molecule has 0 amide bonds. The van der Waals surface area contributed by atoms with Gasteiger partial charge < -0.3 is 9.52 Å². The van der Waals surface area contributed by atoms with Crippen molar-refractivity contribution in [2.24, 2.45) is 0 Å². The maximum atomic E-state index is 14.2. The number of rotatable bonds is 3. The van der Waals surface area contributed by atoms with Crippen molar-refractivity contribution in [1.82, 2.24) is 9.97 Å². The molecule has 4 nitrogen and oxygen atoms in total. The van der Waals surface area contributed by atoms with E-state index >= 15 is 0 Å². The number of fused-ring (bicyclic) bond motifs is 1. The van der Waals surface area contributed by atoms with Gasteiger partial charge in [-0.2, -0.15) is 8.78 Å². The molecule has 0 aliphatic heterocycles. The largest absolute Gasteiger partial charge is 0.435 e. The van der Waals surface area contributed by atoms with Gasteiger partial charge in [-0.25, -0.2) is 4.98 Å². The van der Waals surface area contributed by atoms with Gasteiger partial charge >= 0.3 is 5.92 Å². The van der Waals surface area contributed by atoms with Gasteiger partial charge in [0.2, 0.25) is 0 Å². The number of aliphatic hydroxyl groups is 1. The highest BCUT2D eigenvalue weighted by Gasteiger charge is 2.46. The molecule has 0 saturated carbocycles. The van der Waals surface area contributed by atoms with Crippen molar-refractivity contribution in [1.29, 1.82) is 0 Å². The summed E-state index contributed by atoms with van der Waals surface area (Å²) in [6.07, 6.45) is 0.555. The average Bonchev–Trinajstić information content (AvgIpc) is 2.92. The number of halogens is 2. The number of aromatic nitrogens is 2. The van der Waals surface area contributed by atoms with Crippen LogP contribution in [-0.2, 0) is 5.92 Å². The minimum atomic E-state index is -3.64. The Morgan fingerprint density at radius 2 is 1.95 bits per heavy atom. The third-order valence-electron chi connectivity index (χ3n) is 2.92. The van der Waals surface area contributed by atoms with Crippen molar-refractivity contribution in [2.75, 3.05) is 0 Å². The first-order chi connectivity index (χ1) is 9.59. The highest BCUT2D eigenvalue weighted by atomic mass is 19.3. The van der Waals surface area contributed by atoms with Gasteiger partial charge in [-0.3, -0.25) is 4.98 Å². The number of pyridine rings is 1. The summed E-state index contributed by atoms with van der Waals surface area (Å²) in [5, 5.41) is 9.84. The summed E-state index contributed by atoms with van der Waals surface area (Å²) in [6.45, 7) is 0. The highest BCUT2D eigenvalue weighted by molar-refractivity contribution is 5.72. The van der Waals surface area contributed by atoms with Crippen molar-refractivity contribution < 1.29 is 18.3 Å². The molecule has 0 spiro atoms. The van der Waals surface area contributed by atoms with Crippen LogP contribution in [0.5, 0.6) is 0 Å². The molecular weight excluding hydrogens is 266 g/mol. The van der Waals surface area contributed by atoms with Crippen LogP contribution in [0.1, 0.15) is 17.6 Å². The molecule has 3 rings (SSSR count). The Bertz CT molecular complexity index is 695. The Labute approximate surface area is 112 Å². The summed E-state index contributed by atoms with van der Waals surface area (Å²) in [5.41, 5.74) is 0.570. The Morgan fingerprint density at radius 3 is 2.65 bits per heavy atom.